The Bertz CT molecular complexity index is 1600. The fraction of sp³-hybridized carbons (Fsp3) is 0.226. The predicted molar refractivity (Wildman–Crippen MR) is 174 cm³/mol. The Hall–Kier alpha value is -2.38. The monoisotopic (exact) mass is 684 g/mol. The number of carboxylic acids is 1. The third-order valence-electron chi connectivity index (χ3n) is 6.32. The van der Waals surface area contributed by atoms with Gasteiger partial charge in [-0.2, -0.15) is 0 Å². The van der Waals surface area contributed by atoms with Crippen LogP contribution in [0.25, 0.3) is 10.2 Å². The van der Waals surface area contributed by atoms with Gasteiger partial charge in [0, 0.05) is 56.7 Å². The van der Waals surface area contributed by atoms with Crippen LogP contribution in [0.2, 0.25) is 10.0 Å². The van der Waals surface area contributed by atoms with E-state index in [0.717, 1.165) is 52.3 Å². The maximum absolute atomic E-state index is 11.7. The number of benzene rings is 2. The minimum Gasteiger partial charge on any atom is -0.870 e. The molecule has 5 N–H and O–H groups in total. The van der Waals surface area contributed by atoms with E-state index in [1.165, 1.54) is 25.8 Å². The first-order valence-corrected chi connectivity index (χ1v) is 15.5. The minimum absolute atomic E-state index is 0. The van der Waals surface area contributed by atoms with Gasteiger partial charge in [0.05, 0.1) is 16.8 Å². The molecule has 1 unspecified atom stereocenters. The van der Waals surface area contributed by atoms with Crippen LogP contribution < -0.4 is 34.9 Å². The predicted octanol–water partition coefficient (Wildman–Crippen LogP) is 4.50. The largest absolute Gasteiger partial charge is 1.00 e. The molecule has 0 saturated carbocycles. The first-order chi connectivity index (χ1) is 20.3. The quantitative estimate of drug-likeness (QED) is 0.146. The number of ether oxygens (including phenoxy) is 1. The summed E-state index contributed by atoms with van der Waals surface area (Å²) in [5.74, 6) is -1.09. The van der Waals surface area contributed by atoms with Gasteiger partial charge in [0.1, 0.15) is 11.7 Å². The number of H-pyrrole nitrogens is 1. The molecule has 228 valence electrons. The van der Waals surface area contributed by atoms with Crippen molar-refractivity contribution >= 4 is 73.7 Å². The maximum Gasteiger partial charge on any atom is 1.00 e. The summed E-state index contributed by atoms with van der Waals surface area (Å²) in [6.07, 6.45) is 2.44. The van der Waals surface area contributed by atoms with E-state index in [1.54, 1.807) is 28.7 Å². The van der Waals surface area contributed by atoms with Gasteiger partial charge >= 0.3 is 41.5 Å². The van der Waals surface area contributed by atoms with E-state index in [9.17, 15) is 9.59 Å². The number of fused-ring (bicyclic) bond motifs is 2. The van der Waals surface area contributed by atoms with Crippen LogP contribution in [0.15, 0.2) is 66.7 Å². The van der Waals surface area contributed by atoms with Crippen molar-refractivity contribution in [3.8, 4) is 0 Å². The number of anilines is 1. The van der Waals surface area contributed by atoms with E-state index in [0.29, 0.717) is 6.61 Å². The minimum atomic E-state index is -0.928. The normalized spacial score (nSPS) is 12.7. The van der Waals surface area contributed by atoms with Crippen molar-refractivity contribution in [1.82, 2.24) is 4.98 Å². The third kappa shape index (κ3) is 10.1. The second kappa shape index (κ2) is 17.9. The van der Waals surface area contributed by atoms with Gasteiger partial charge in [-0.25, -0.2) is 9.59 Å². The van der Waals surface area contributed by atoms with Crippen molar-refractivity contribution in [2.24, 2.45) is 0 Å². The number of esters is 1. The molecule has 1 atom stereocenters. The van der Waals surface area contributed by atoms with Crippen LogP contribution in [-0.2, 0) is 28.8 Å². The summed E-state index contributed by atoms with van der Waals surface area (Å²) in [5, 5.41) is 20.6. The number of thiophene rings is 2. The fourth-order valence-corrected chi connectivity index (χ4v) is 7.00. The average Bonchev–Trinajstić information content (AvgIpc) is 3.73. The van der Waals surface area contributed by atoms with Crippen molar-refractivity contribution in [2.75, 3.05) is 19.0 Å². The Morgan fingerprint density at radius 3 is 1.93 bits per heavy atom. The van der Waals surface area contributed by atoms with Crippen LogP contribution in [0.5, 0.6) is 0 Å². The third-order valence-corrected chi connectivity index (χ3v) is 9.06. The van der Waals surface area contributed by atoms with Crippen molar-refractivity contribution < 1.29 is 59.6 Å². The van der Waals surface area contributed by atoms with Crippen LogP contribution in [0.3, 0.4) is 0 Å². The summed E-state index contributed by atoms with van der Waals surface area (Å²) in [4.78, 5) is 29.2. The van der Waals surface area contributed by atoms with Crippen LogP contribution >= 0.6 is 45.9 Å². The van der Waals surface area contributed by atoms with Crippen LogP contribution in [0.1, 0.15) is 43.2 Å². The summed E-state index contributed by atoms with van der Waals surface area (Å²) >= 11 is 15.1. The van der Waals surface area contributed by atoms with E-state index in [1.807, 2.05) is 61.5 Å². The zero-order valence-electron chi connectivity index (χ0n) is 24.4. The van der Waals surface area contributed by atoms with Crippen LogP contribution in [-0.4, -0.2) is 52.4 Å². The summed E-state index contributed by atoms with van der Waals surface area (Å²) in [7, 11) is 1.00. The molecule has 44 heavy (non-hydrogen) atoms. The van der Waals surface area contributed by atoms with E-state index in [4.69, 9.17) is 38.2 Å². The Morgan fingerprint density at radius 1 is 0.909 bits per heavy atom. The molecule has 6 rings (SSSR count). The molecule has 2 aromatic carbocycles. The summed E-state index contributed by atoms with van der Waals surface area (Å²) in [5.41, 5.74) is 4.61. The van der Waals surface area contributed by atoms with Crippen LogP contribution in [0.4, 0.5) is 5.69 Å². The molecule has 0 aliphatic carbocycles. The number of carbonyl (C=O) groups is 2. The van der Waals surface area contributed by atoms with Crippen molar-refractivity contribution in [3.05, 3.63) is 108 Å². The van der Waals surface area contributed by atoms with Gasteiger partial charge < -0.3 is 30.7 Å². The van der Waals surface area contributed by atoms with E-state index >= 15 is 0 Å². The second-order valence-electron chi connectivity index (χ2n) is 9.29. The molecule has 8 nitrogen and oxygen atoms in total. The van der Waals surface area contributed by atoms with E-state index < -0.39 is 5.97 Å². The van der Waals surface area contributed by atoms with Crippen molar-refractivity contribution in [1.29, 1.82) is 0 Å². The first kappa shape index (κ1) is 37.8. The van der Waals surface area contributed by atoms with Crippen molar-refractivity contribution in [2.45, 2.75) is 32.2 Å². The number of nitrogens with one attached hydrogen (secondary N) is 2. The molecule has 1 aliphatic heterocycles. The molecule has 0 bridgehead atoms. The number of aromatic carboxylic acids is 1. The van der Waals surface area contributed by atoms with Gasteiger partial charge in [0.25, 0.3) is 0 Å². The summed E-state index contributed by atoms with van der Waals surface area (Å²) in [6.45, 7) is 2.25. The molecular formula is C31H31Cl2N2NaO6S2. The number of aliphatic hydroxyl groups excluding tert-OH is 1. The molecule has 4 heterocycles. The molecule has 0 saturated heterocycles. The van der Waals surface area contributed by atoms with Gasteiger partial charge in [-0.1, -0.05) is 47.5 Å². The standard InChI is InChI=1S/C16H16ClNO2S.C14H10ClNO2S.CH4O.Na.H2O/c1-2-20-16(19)14-9-15-13(18-14)8-12(21-15)7-10-3-5-11(17)6-4-10;15-9-3-1-8(2-4-9)5-10-6-11-13(19-10)7-12(16-11)14(17)18;1-2;;/h3-6,8,14,18H,2,7,9H2,1H3;1-4,6-7,16H,5H2,(H,17,18);2H,1H3;;1H2/q;;;+1;/p-1. The summed E-state index contributed by atoms with van der Waals surface area (Å²) < 4.78 is 6.03. The van der Waals surface area contributed by atoms with Gasteiger partial charge in [-0.3, -0.25) is 0 Å². The number of aliphatic hydroxyl groups is 1. The molecule has 0 spiro atoms. The Morgan fingerprint density at radius 2 is 1.45 bits per heavy atom. The second-order valence-corrected chi connectivity index (χ2v) is 12.6. The van der Waals surface area contributed by atoms with Gasteiger partial charge in [-0.05, 0) is 60.5 Å². The van der Waals surface area contributed by atoms with Gasteiger partial charge in [-0.15, -0.1) is 22.7 Å². The molecule has 0 fully saturated rings. The molecule has 1 aliphatic rings. The Balaban J connectivity index is 0.000000280. The van der Waals surface area contributed by atoms with Gasteiger partial charge in [0.15, 0.2) is 0 Å². The number of halogens is 2. The number of rotatable bonds is 7. The number of carboxylic acid groups (broad SMARTS) is 1. The van der Waals surface area contributed by atoms with Crippen molar-refractivity contribution in [3.63, 3.8) is 0 Å². The zero-order chi connectivity index (χ0) is 30.2. The topological polar surface area (TPSA) is 142 Å². The van der Waals surface area contributed by atoms with Gasteiger partial charge in [0.2, 0.25) is 0 Å². The SMILES string of the molecule is CCOC(=O)C1Cc2sc(Cc3ccc(Cl)cc3)cc2N1.CO.O=C(O)c1cc2sc(Cc3ccc(Cl)cc3)cc2[nH]1.[Na+].[OH-]. The molecule has 5 aromatic rings. The Kier molecular flexibility index (Phi) is 15.4. The Labute approximate surface area is 295 Å². The molecule has 0 amide bonds. The molecule has 3 aromatic heterocycles. The van der Waals surface area contributed by atoms with Crippen LogP contribution in [0, 0.1) is 0 Å². The first-order valence-electron chi connectivity index (χ1n) is 13.1. The number of aromatic nitrogens is 1. The number of carbonyl (C=O) groups excluding carboxylic acids is 1. The molecular weight excluding hydrogens is 654 g/mol. The summed E-state index contributed by atoms with van der Waals surface area (Å²) in [6, 6.07) is 21.2. The smallest absolute Gasteiger partial charge is 0.870 e. The number of aromatic amines is 1. The number of hydrogen-bond acceptors (Lipinski definition) is 8. The van der Waals surface area contributed by atoms with E-state index in [2.05, 4.69) is 16.4 Å². The maximum atomic E-state index is 11.7. The average molecular weight is 686 g/mol. The molecule has 13 heteroatoms. The fourth-order valence-electron chi connectivity index (χ4n) is 4.44. The zero-order valence-corrected chi connectivity index (χ0v) is 29.5. The molecule has 0 radical (unpaired) electrons. The number of hydrogen-bond donors (Lipinski definition) is 4. The van der Waals surface area contributed by atoms with E-state index in [-0.39, 0.29) is 52.7 Å².